The van der Waals surface area contributed by atoms with E-state index >= 15 is 0 Å². The Bertz CT molecular complexity index is 614. The highest BCUT2D eigenvalue weighted by Gasteiger charge is 2.25. The van der Waals surface area contributed by atoms with Crippen LogP contribution in [0.2, 0.25) is 4.34 Å². The van der Waals surface area contributed by atoms with E-state index in [1.54, 1.807) is 12.1 Å². The third-order valence-electron chi connectivity index (χ3n) is 3.76. The summed E-state index contributed by atoms with van der Waals surface area (Å²) in [5.74, 6) is -0.0354. The fourth-order valence-corrected chi connectivity index (χ4v) is 3.70. The summed E-state index contributed by atoms with van der Waals surface area (Å²) in [7, 11) is 0. The molecule has 1 saturated heterocycles. The zero-order valence-corrected chi connectivity index (χ0v) is 13.2. The van der Waals surface area contributed by atoms with Crippen molar-refractivity contribution < 1.29 is 4.79 Å². The van der Waals surface area contributed by atoms with Crippen molar-refractivity contribution in [2.45, 2.75) is 18.9 Å². The van der Waals surface area contributed by atoms with Crippen molar-refractivity contribution >= 4 is 34.5 Å². The van der Waals surface area contributed by atoms with Crippen molar-refractivity contribution in [3.05, 3.63) is 51.7 Å². The van der Waals surface area contributed by atoms with Crippen molar-refractivity contribution in [3.63, 3.8) is 0 Å². The number of thiophene rings is 1. The number of anilines is 1. The molecule has 1 aliphatic rings. The van der Waals surface area contributed by atoms with Gasteiger partial charge in [0.25, 0.3) is 5.91 Å². The third kappa shape index (κ3) is 3.39. The number of amides is 1. The summed E-state index contributed by atoms with van der Waals surface area (Å²) >= 11 is 7.18. The van der Waals surface area contributed by atoms with E-state index in [9.17, 15) is 4.79 Å². The molecular weight excluding hydrogens is 304 g/mol. The summed E-state index contributed by atoms with van der Waals surface area (Å²) in [6.45, 7) is 1.72. The van der Waals surface area contributed by atoms with Gasteiger partial charge in [0.2, 0.25) is 0 Å². The Hall–Kier alpha value is -1.52. The van der Waals surface area contributed by atoms with E-state index in [0.29, 0.717) is 21.8 Å². The number of benzene rings is 1. The highest BCUT2D eigenvalue weighted by Crippen LogP contribution is 2.25. The molecule has 0 radical (unpaired) electrons. The van der Waals surface area contributed by atoms with Gasteiger partial charge in [-0.2, -0.15) is 0 Å². The Morgan fingerprint density at radius 2 is 2.10 bits per heavy atom. The van der Waals surface area contributed by atoms with Crippen LogP contribution in [-0.2, 0) is 0 Å². The van der Waals surface area contributed by atoms with Gasteiger partial charge in [0.15, 0.2) is 0 Å². The van der Waals surface area contributed by atoms with E-state index in [1.807, 2.05) is 6.07 Å². The summed E-state index contributed by atoms with van der Waals surface area (Å²) < 4.78 is 0.645. The Morgan fingerprint density at radius 1 is 1.29 bits per heavy atom. The normalized spacial score (nSPS) is 18.0. The van der Waals surface area contributed by atoms with Gasteiger partial charge in [-0.05, 0) is 37.1 Å². The third-order valence-corrected chi connectivity index (χ3v) is 4.99. The lowest BCUT2D eigenvalue weighted by molar-refractivity contribution is 0.0955. The molecule has 1 aromatic heterocycles. The maximum Gasteiger partial charge on any atom is 0.261 e. The number of hydrogen-bond acceptors (Lipinski definition) is 3. The molecular formula is C16H17ClN2OS. The van der Waals surface area contributed by atoms with Crippen LogP contribution in [0.15, 0.2) is 42.5 Å². The van der Waals surface area contributed by atoms with E-state index in [1.165, 1.54) is 23.4 Å². The molecule has 5 heteroatoms. The predicted octanol–water partition coefficient (Wildman–Crippen LogP) is 3.80. The second-order valence-corrected chi connectivity index (χ2v) is 6.85. The Balaban J connectivity index is 1.61. The smallest absolute Gasteiger partial charge is 0.261 e. The van der Waals surface area contributed by atoms with E-state index in [0.717, 1.165) is 13.0 Å². The van der Waals surface area contributed by atoms with Gasteiger partial charge in [0.1, 0.15) is 0 Å². The number of nitrogens with zero attached hydrogens (tertiary/aromatic N) is 1. The molecule has 2 aromatic rings. The lowest BCUT2D eigenvalue weighted by atomic mass is 10.2. The number of para-hydroxylation sites is 1. The molecule has 1 aromatic carbocycles. The van der Waals surface area contributed by atoms with Crippen molar-refractivity contribution in [2.24, 2.45) is 0 Å². The van der Waals surface area contributed by atoms with Crippen LogP contribution in [0.4, 0.5) is 5.69 Å². The summed E-state index contributed by atoms with van der Waals surface area (Å²) in [6.07, 6.45) is 2.28. The van der Waals surface area contributed by atoms with Crippen LogP contribution < -0.4 is 10.2 Å². The molecule has 1 N–H and O–H groups in total. The van der Waals surface area contributed by atoms with Gasteiger partial charge in [-0.3, -0.25) is 4.79 Å². The molecule has 1 atom stereocenters. The first-order chi connectivity index (χ1) is 10.2. The average Bonchev–Trinajstić information content (AvgIpc) is 3.14. The number of hydrogen-bond donors (Lipinski definition) is 1. The van der Waals surface area contributed by atoms with Gasteiger partial charge in [-0.15, -0.1) is 11.3 Å². The quantitative estimate of drug-likeness (QED) is 0.929. The Kier molecular flexibility index (Phi) is 4.46. The minimum absolute atomic E-state index is 0.0354. The number of carbonyl (C=O) groups excluding carboxylic acids is 1. The van der Waals surface area contributed by atoms with Crippen LogP contribution in [0.3, 0.4) is 0 Å². The zero-order chi connectivity index (χ0) is 14.7. The molecule has 1 amide bonds. The molecule has 1 fully saturated rings. The molecule has 2 heterocycles. The lowest BCUT2D eigenvalue weighted by Gasteiger charge is -2.27. The van der Waals surface area contributed by atoms with Crippen molar-refractivity contribution in [1.82, 2.24) is 5.32 Å². The van der Waals surface area contributed by atoms with E-state index in [2.05, 4.69) is 34.5 Å². The highest BCUT2D eigenvalue weighted by molar-refractivity contribution is 7.17. The Labute approximate surface area is 133 Å². The van der Waals surface area contributed by atoms with Crippen LogP contribution >= 0.6 is 22.9 Å². The van der Waals surface area contributed by atoms with Gasteiger partial charge in [0, 0.05) is 24.8 Å². The minimum atomic E-state index is -0.0354. The summed E-state index contributed by atoms with van der Waals surface area (Å²) in [5.41, 5.74) is 1.23. The lowest BCUT2D eigenvalue weighted by Crippen LogP contribution is -2.40. The average molecular weight is 321 g/mol. The van der Waals surface area contributed by atoms with E-state index < -0.39 is 0 Å². The summed E-state index contributed by atoms with van der Waals surface area (Å²) in [6, 6.07) is 14.3. The standard InChI is InChI=1S/C16H17ClN2OS/c17-15-9-8-14(21-15)16(20)18-11-13-7-4-10-19(13)12-5-2-1-3-6-12/h1-3,5-6,8-9,13H,4,7,10-11H2,(H,18,20). The minimum Gasteiger partial charge on any atom is -0.367 e. The van der Waals surface area contributed by atoms with Crippen LogP contribution in [0.5, 0.6) is 0 Å². The SMILES string of the molecule is O=C(NCC1CCCN1c1ccccc1)c1ccc(Cl)s1. The number of rotatable bonds is 4. The molecule has 1 unspecified atom stereocenters. The monoisotopic (exact) mass is 320 g/mol. The first-order valence-corrected chi connectivity index (χ1v) is 8.29. The molecule has 1 aliphatic heterocycles. The predicted molar refractivity (Wildman–Crippen MR) is 88.5 cm³/mol. The first kappa shape index (κ1) is 14.4. The molecule has 110 valence electrons. The van der Waals surface area contributed by atoms with Crippen molar-refractivity contribution in [1.29, 1.82) is 0 Å². The van der Waals surface area contributed by atoms with Gasteiger partial charge in [0.05, 0.1) is 9.21 Å². The maximum atomic E-state index is 12.1. The summed E-state index contributed by atoms with van der Waals surface area (Å²) in [5, 5.41) is 3.03. The van der Waals surface area contributed by atoms with Crippen LogP contribution in [0.1, 0.15) is 22.5 Å². The number of nitrogens with one attached hydrogen (secondary N) is 1. The van der Waals surface area contributed by atoms with E-state index in [4.69, 9.17) is 11.6 Å². The van der Waals surface area contributed by atoms with Crippen LogP contribution in [0, 0.1) is 0 Å². The molecule has 0 spiro atoms. The van der Waals surface area contributed by atoms with Gasteiger partial charge < -0.3 is 10.2 Å². The molecule has 0 bridgehead atoms. The summed E-state index contributed by atoms with van der Waals surface area (Å²) in [4.78, 5) is 15.1. The second-order valence-electron chi connectivity index (χ2n) is 5.14. The molecule has 0 aliphatic carbocycles. The maximum absolute atomic E-state index is 12.1. The van der Waals surface area contributed by atoms with Gasteiger partial charge in [-0.25, -0.2) is 0 Å². The number of carbonyl (C=O) groups is 1. The Morgan fingerprint density at radius 3 is 2.81 bits per heavy atom. The van der Waals surface area contributed by atoms with Gasteiger partial charge in [-0.1, -0.05) is 29.8 Å². The first-order valence-electron chi connectivity index (χ1n) is 7.09. The number of halogens is 1. The molecule has 0 saturated carbocycles. The van der Waals surface area contributed by atoms with Crippen molar-refractivity contribution in [3.8, 4) is 0 Å². The topological polar surface area (TPSA) is 32.3 Å². The largest absolute Gasteiger partial charge is 0.367 e. The van der Waals surface area contributed by atoms with E-state index in [-0.39, 0.29) is 5.91 Å². The highest BCUT2D eigenvalue weighted by atomic mass is 35.5. The fraction of sp³-hybridized carbons (Fsp3) is 0.312. The molecule has 3 rings (SSSR count). The van der Waals surface area contributed by atoms with Gasteiger partial charge >= 0.3 is 0 Å². The zero-order valence-electron chi connectivity index (χ0n) is 11.6. The van der Waals surface area contributed by atoms with Crippen molar-refractivity contribution in [2.75, 3.05) is 18.0 Å². The van der Waals surface area contributed by atoms with Crippen LogP contribution in [-0.4, -0.2) is 25.0 Å². The molecule has 21 heavy (non-hydrogen) atoms. The molecule has 3 nitrogen and oxygen atoms in total. The van der Waals surface area contributed by atoms with Crippen LogP contribution in [0.25, 0.3) is 0 Å². The second kappa shape index (κ2) is 6.50. The fourth-order valence-electron chi connectivity index (χ4n) is 2.74.